The summed E-state index contributed by atoms with van der Waals surface area (Å²) in [6.07, 6.45) is 2.16. The first-order valence-corrected chi connectivity index (χ1v) is 6.86. The summed E-state index contributed by atoms with van der Waals surface area (Å²) in [7, 11) is 0. The average molecular weight is 238 g/mol. The highest BCUT2D eigenvalue weighted by Gasteiger charge is 2.06. The van der Waals surface area contributed by atoms with E-state index in [1.54, 1.807) is 0 Å². The van der Waals surface area contributed by atoms with Crippen molar-refractivity contribution < 1.29 is 0 Å². The number of aryl methyl sites for hydroxylation is 1. The van der Waals surface area contributed by atoms with Crippen LogP contribution >= 0.6 is 0 Å². The lowest BCUT2D eigenvalue weighted by Crippen LogP contribution is -1.97. The van der Waals surface area contributed by atoms with Crippen LogP contribution in [0.25, 0.3) is 0 Å². The van der Waals surface area contributed by atoms with Gasteiger partial charge in [0.05, 0.1) is 0 Å². The molecule has 0 nitrogen and oxygen atoms in total. The summed E-state index contributed by atoms with van der Waals surface area (Å²) in [5.41, 5.74) is 5.80. The normalized spacial score (nSPS) is 10.9. The molecule has 0 amide bonds. The van der Waals surface area contributed by atoms with E-state index in [4.69, 9.17) is 0 Å². The van der Waals surface area contributed by atoms with Gasteiger partial charge in [0.2, 0.25) is 0 Å². The van der Waals surface area contributed by atoms with Crippen molar-refractivity contribution in [2.45, 2.75) is 39.5 Å². The highest BCUT2D eigenvalue weighted by molar-refractivity contribution is 5.36. The second-order valence-electron chi connectivity index (χ2n) is 5.20. The minimum atomic E-state index is 0.616. The van der Waals surface area contributed by atoms with Crippen LogP contribution in [0.2, 0.25) is 0 Å². The Morgan fingerprint density at radius 3 is 2.22 bits per heavy atom. The van der Waals surface area contributed by atoms with Crippen LogP contribution in [0.3, 0.4) is 0 Å². The zero-order chi connectivity index (χ0) is 13.0. The van der Waals surface area contributed by atoms with Gasteiger partial charge >= 0.3 is 0 Å². The Kier molecular flexibility index (Phi) is 4.19. The molecule has 0 aliphatic rings. The van der Waals surface area contributed by atoms with Crippen molar-refractivity contribution in [2.75, 3.05) is 0 Å². The molecule has 0 radical (unpaired) electrons. The predicted octanol–water partition coefficient (Wildman–Crippen LogP) is 4.96. The third-order valence-corrected chi connectivity index (χ3v) is 3.46. The highest BCUT2D eigenvalue weighted by atomic mass is 14.1. The lowest BCUT2D eigenvalue weighted by Gasteiger charge is -2.13. The highest BCUT2D eigenvalue weighted by Crippen LogP contribution is 2.22. The maximum Gasteiger partial charge on any atom is -0.00257 e. The summed E-state index contributed by atoms with van der Waals surface area (Å²) in [5, 5.41) is 0. The quantitative estimate of drug-likeness (QED) is 0.706. The molecule has 0 unspecified atom stereocenters. The van der Waals surface area contributed by atoms with Gasteiger partial charge in [-0.1, -0.05) is 69.3 Å². The molecular formula is C18H22. The first-order chi connectivity index (χ1) is 8.70. The van der Waals surface area contributed by atoms with Crippen LogP contribution in [0, 0.1) is 0 Å². The molecule has 2 rings (SSSR count). The monoisotopic (exact) mass is 238 g/mol. The second-order valence-corrected chi connectivity index (χ2v) is 5.20. The maximum atomic E-state index is 2.38. The molecule has 0 saturated heterocycles. The van der Waals surface area contributed by atoms with Crippen molar-refractivity contribution in [1.82, 2.24) is 0 Å². The molecule has 18 heavy (non-hydrogen) atoms. The number of benzene rings is 2. The minimum absolute atomic E-state index is 0.616. The first kappa shape index (κ1) is 12.9. The van der Waals surface area contributed by atoms with Crippen molar-refractivity contribution >= 4 is 0 Å². The smallest absolute Gasteiger partial charge is 0.00257 e. The van der Waals surface area contributed by atoms with E-state index in [2.05, 4.69) is 69.3 Å². The predicted molar refractivity (Wildman–Crippen MR) is 79.2 cm³/mol. The molecule has 2 aromatic carbocycles. The molecule has 94 valence electrons. The van der Waals surface area contributed by atoms with Crippen LogP contribution in [0.15, 0.2) is 48.5 Å². The summed E-state index contributed by atoms with van der Waals surface area (Å²) in [4.78, 5) is 0. The van der Waals surface area contributed by atoms with Crippen molar-refractivity contribution in [3.63, 3.8) is 0 Å². The van der Waals surface area contributed by atoms with Gasteiger partial charge in [0.25, 0.3) is 0 Å². The molecule has 0 aromatic heterocycles. The second kappa shape index (κ2) is 5.86. The third-order valence-electron chi connectivity index (χ3n) is 3.46. The fourth-order valence-corrected chi connectivity index (χ4v) is 2.47. The van der Waals surface area contributed by atoms with Crippen LogP contribution in [0.1, 0.15) is 48.9 Å². The lowest BCUT2D eigenvalue weighted by atomic mass is 9.92. The van der Waals surface area contributed by atoms with Crippen molar-refractivity contribution in [3.8, 4) is 0 Å². The fraction of sp³-hybridized carbons (Fsp3) is 0.333. The van der Waals surface area contributed by atoms with Crippen molar-refractivity contribution in [2.24, 2.45) is 0 Å². The average Bonchev–Trinajstić information content (AvgIpc) is 2.39. The summed E-state index contributed by atoms with van der Waals surface area (Å²) in [5.74, 6) is 0.616. The number of rotatable bonds is 4. The van der Waals surface area contributed by atoms with Gasteiger partial charge < -0.3 is 0 Å². The van der Waals surface area contributed by atoms with Crippen LogP contribution in [0.5, 0.6) is 0 Å². The fourth-order valence-electron chi connectivity index (χ4n) is 2.47. The van der Waals surface area contributed by atoms with Gasteiger partial charge in [0, 0.05) is 0 Å². The summed E-state index contributed by atoms with van der Waals surface area (Å²) in [6.45, 7) is 6.78. The van der Waals surface area contributed by atoms with Gasteiger partial charge in [0.1, 0.15) is 0 Å². The van der Waals surface area contributed by atoms with Crippen LogP contribution in [-0.4, -0.2) is 0 Å². The van der Waals surface area contributed by atoms with Crippen molar-refractivity contribution in [3.05, 3.63) is 70.8 Å². The Balaban J connectivity index is 2.25. The summed E-state index contributed by atoms with van der Waals surface area (Å²) >= 11 is 0. The first-order valence-electron chi connectivity index (χ1n) is 6.86. The summed E-state index contributed by atoms with van der Waals surface area (Å²) in [6, 6.07) is 17.6. The van der Waals surface area contributed by atoms with Crippen LogP contribution in [-0.2, 0) is 12.8 Å². The molecule has 0 aliphatic heterocycles. The number of hydrogen-bond acceptors (Lipinski definition) is 0. The Morgan fingerprint density at radius 2 is 1.61 bits per heavy atom. The molecular weight excluding hydrogens is 216 g/mol. The third kappa shape index (κ3) is 3.01. The number of hydrogen-bond donors (Lipinski definition) is 0. The van der Waals surface area contributed by atoms with Gasteiger partial charge in [-0.2, -0.15) is 0 Å². The molecule has 2 aromatic rings. The molecule has 0 spiro atoms. The molecule has 0 saturated carbocycles. The van der Waals surface area contributed by atoms with E-state index in [1.807, 2.05) is 0 Å². The van der Waals surface area contributed by atoms with Gasteiger partial charge in [-0.15, -0.1) is 0 Å². The topological polar surface area (TPSA) is 0 Å². The van der Waals surface area contributed by atoms with Crippen LogP contribution < -0.4 is 0 Å². The standard InChI is InChI=1S/C18H22/c1-4-17-13-16(10-11-18(17)14(2)3)12-15-8-6-5-7-9-15/h5-11,13-14H,4,12H2,1-3H3. The SMILES string of the molecule is CCc1cc(Cc2ccccc2)ccc1C(C)C. The van der Waals surface area contributed by atoms with Gasteiger partial charge in [-0.05, 0) is 41.0 Å². The van der Waals surface area contributed by atoms with Gasteiger partial charge in [-0.25, -0.2) is 0 Å². The Morgan fingerprint density at radius 1 is 0.889 bits per heavy atom. The van der Waals surface area contributed by atoms with E-state index in [0.717, 1.165) is 12.8 Å². The molecule has 0 aliphatic carbocycles. The summed E-state index contributed by atoms with van der Waals surface area (Å²) < 4.78 is 0. The lowest BCUT2D eigenvalue weighted by molar-refractivity contribution is 0.842. The minimum Gasteiger partial charge on any atom is -0.0622 e. The molecule has 0 bridgehead atoms. The molecule has 0 fully saturated rings. The Bertz CT molecular complexity index is 495. The van der Waals surface area contributed by atoms with Gasteiger partial charge in [0.15, 0.2) is 0 Å². The van der Waals surface area contributed by atoms with E-state index in [9.17, 15) is 0 Å². The zero-order valence-corrected chi connectivity index (χ0v) is 11.6. The van der Waals surface area contributed by atoms with Gasteiger partial charge in [-0.3, -0.25) is 0 Å². The Labute approximate surface area is 111 Å². The molecule has 0 heterocycles. The molecule has 0 atom stereocenters. The van der Waals surface area contributed by atoms with E-state index in [1.165, 1.54) is 22.3 Å². The maximum absolute atomic E-state index is 2.38. The molecule has 0 heteroatoms. The van der Waals surface area contributed by atoms with Crippen molar-refractivity contribution in [1.29, 1.82) is 0 Å². The zero-order valence-electron chi connectivity index (χ0n) is 11.6. The largest absolute Gasteiger partial charge is 0.0622 e. The van der Waals surface area contributed by atoms with E-state index in [-0.39, 0.29) is 0 Å². The van der Waals surface area contributed by atoms with Crippen LogP contribution in [0.4, 0.5) is 0 Å². The van der Waals surface area contributed by atoms with E-state index < -0.39 is 0 Å². The van der Waals surface area contributed by atoms with E-state index in [0.29, 0.717) is 5.92 Å². The van der Waals surface area contributed by atoms with E-state index >= 15 is 0 Å². The Hall–Kier alpha value is -1.56. The molecule has 0 N–H and O–H groups in total.